The van der Waals surface area contributed by atoms with Gasteiger partial charge in [-0.2, -0.15) is 0 Å². The lowest BCUT2D eigenvalue weighted by Gasteiger charge is -2.37. The summed E-state index contributed by atoms with van der Waals surface area (Å²) in [5, 5.41) is 3.77. The van der Waals surface area contributed by atoms with Gasteiger partial charge in [-0.15, -0.1) is 0 Å². The normalized spacial score (nSPS) is 30.0. The minimum atomic E-state index is 0.733. The van der Waals surface area contributed by atoms with E-state index in [4.69, 9.17) is 0 Å². The second-order valence-corrected chi connectivity index (χ2v) is 7.23. The predicted octanol–water partition coefficient (Wildman–Crippen LogP) is 4.06. The minimum absolute atomic E-state index is 0.733. The van der Waals surface area contributed by atoms with Crippen LogP contribution in [0.25, 0.3) is 0 Å². The Bertz CT molecular complexity index is 252. The molecule has 2 nitrogen and oxygen atoms in total. The lowest BCUT2D eigenvalue weighted by Crippen LogP contribution is -2.47. The van der Waals surface area contributed by atoms with E-state index in [1.807, 2.05) is 0 Å². The molecule has 20 heavy (non-hydrogen) atoms. The average Bonchev–Trinajstić information content (AvgIpc) is 3.01. The van der Waals surface area contributed by atoms with Crippen molar-refractivity contribution in [1.29, 1.82) is 0 Å². The molecule has 1 atom stereocenters. The Labute approximate surface area is 126 Å². The summed E-state index contributed by atoms with van der Waals surface area (Å²) >= 11 is 0. The lowest BCUT2D eigenvalue weighted by molar-refractivity contribution is 0.138. The highest BCUT2D eigenvalue weighted by atomic mass is 15.2. The maximum atomic E-state index is 3.77. The molecule has 118 valence electrons. The number of likely N-dealkylation sites (N-methyl/N-ethyl adjacent to an activating group) is 2. The Kier molecular flexibility index (Phi) is 6.83. The van der Waals surface area contributed by atoms with Crippen LogP contribution in [0, 0.1) is 11.8 Å². The summed E-state index contributed by atoms with van der Waals surface area (Å²) in [6.45, 7) is 7.00. The molecular weight excluding hydrogens is 244 g/mol. The molecule has 0 bridgehead atoms. The molecule has 0 amide bonds. The van der Waals surface area contributed by atoms with Gasteiger partial charge in [0.25, 0.3) is 0 Å². The first-order valence-corrected chi connectivity index (χ1v) is 9.18. The van der Waals surface area contributed by atoms with E-state index >= 15 is 0 Å². The van der Waals surface area contributed by atoms with Crippen LogP contribution < -0.4 is 5.32 Å². The summed E-state index contributed by atoms with van der Waals surface area (Å²) in [7, 11) is 2.37. The number of rotatable bonds is 7. The molecule has 2 saturated carbocycles. The zero-order chi connectivity index (χ0) is 14.4. The Hall–Kier alpha value is -0.0800. The quantitative estimate of drug-likeness (QED) is 0.756. The monoisotopic (exact) mass is 280 g/mol. The molecular formula is C18H36N2. The van der Waals surface area contributed by atoms with Crippen molar-refractivity contribution in [3.63, 3.8) is 0 Å². The molecule has 0 aromatic carbocycles. The van der Waals surface area contributed by atoms with Crippen LogP contribution in [0.2, 0.25) is 0 Å². The van der Waals surface area contributed by atoms with Gasteiger partial charge in [-0.3, -0.25) is 0 Å². The molecule has 0 aromatic rings. The molecule has 2 aliphatic rings. The van der Waals surface area contributed by atoms with Gasteiger partial charge >= 0.3 is 0 Å². The molecule has 0 heterocycles. The lowest BCUT2D eigenvalue weighted by atomic mass is 9.83. The van der Waals surface area contributed by atoms with Gasteiger partial charge in [-0.1, -0.05) is 33.1 Å². The minimum Gasteiger partial charge on any atom is -0.313 e. The van der Waals surface area contributed by atoms with E-state index in [1.54, 1.807) is 0 Å². The first-order chi connectivity index (χ1) is 9.74. The van der Waals surface area contributed by atoms with E-state index in [2.05, 4.69) is 31.1 Å². The van der Waals surface area contributed by atoms with Crippen molar-refractivity contribution in [1.82, 2.24) is 10.2 Å². The van der Waals surface area contributed by atoms with Gasteiger partial charge in [0.1, 0.15) is 0 Å². The Morgan fingerprint density at radius 3 is 2.20 bits per heavy atom. The molecule has 1 unspecified atom stereocenters. The Balaban J connectivity index is 1.80. The summed E-state index contributed by atoms with van der Waals surface area (Å²) in [4.78, 5) is 2.68. The third kappa shape index (κ3) is 4.46. The SMILES string of the molecule is CCNC(CN(C)C1CCC(CC)CC1)C1CCCC1. The molecule has 2 aliphatic carbocycles. The Morgan fingerprint density at radius 2 is 1.65 bits per heavy atom. The third-order valence-electron chi connectivity index (χ3n) is 5.94. The summed E-state index contributed by atoms with van der Waals surface area (Å²) < 4.78 is 0. The van der Waals surface area contributed by atoms with Crippen LogP contribution in [0.5, 0.6) is 0 Å². The zero-order valence-corrected chi connectivity index (χ0v) is 14.0. The fraction of sp³-hybridized carbons (Fsp3) is 1.00. The fourth-order valence-electron chi connectivity index (χ4n) is 4.46. The summed E-state index contributed by atoms with van der Waals surface area (Å²) in [5.41, 5.74) is 0. The van der Waals surface area contributed by atoms with Gasteiger partial charge in [0.05, 0.1) is 0 Å². The van der Waals surface area contributed by atoms with Gasteiger partial charge in [0.2, 0.25) is 0 Å². The van der Waals surface area contributed by atoms with Crippen LogP contribution in [0.4, 0.5) is 0 Å². The van der Waals surface area contributed by atoms with E-state index in [9.17, 15) is 0 Å². The number of nitrogens with zero attached hydrogens (tertiary/aromatic N) is 1. The maximum Gasteiger partial charge on any atom is 0.0223 e. The van der Waals surface area contributed by atoms with Crippen LogP contribution in [0.1, 0.15) is 71.6 Å². The van der Waals surface area contributed by atoms with Crippen LogP contribution in [0.3, 0.4) is 0 Å². The third-order valence-corrected chi connectivity index (χ3v) is 5.94. The summed E-state index contributed by atoms with van der Waals surface area (Å²) in [5.74, 6) is 1.95. The maximum absolute atomic E-state index is 3.77. The van der Waals surface area contributed by atoms with E-state index in [-0.39, 0.29) is 0 Å². The first-order valence-electron chi connectivity index (χ1n) is 9.18. The van der Waals surface area contributed by atoms with Crippen molar-refractivity contribution in [3.05, 3.63) is 0 Å². The molecule has 2 rings (SSSR count). The van der Waals surface area contributed by atoms with Crippen LogP contribution >= 0.6 is 0 Å². The van der Waals surface area contributed by atoms with Gasteiger partial charge in [-0.25, -0.2) is 0 Å². The highest BCUT2D eigenvalue weighted by Gasteiger charge is 2.28. The van der Waals surface area contributed by atoms with Crippen molar-refractivity contribution < 1.29 is 0 Å². The van der Waals surface area contributed by atoms with E-state index < -0.39 is 0 Å². The molecule has 2 fully saturated rings. The topological polar surface area (TPSA) is 15.3 Å². The number of hydrogen-bond acceptors (Lipinski definition) is 2. The van der Waals surface area contributed by atoms with Crippen LogP contribution in [0.15, 0.2) is 0 Å². The van der Waals surface area contributed by atoms with Crippen molar-refractivity contribution in [2.45, 2.75) is 83.7 Å². The molecule has 0 aromatic heterocycles. The van der Waals surface area contributed by atoms with Gasteiger partial charge in [0.15, 0.2) is 0 Å². The second-order valence-electron chi connectivity index (χ2n) is 7.23. The van der Waals surface area contributed by atoms with E-state index in [1.165, 1.54) is 64.3 Å². The van der Waals surface area contributed by atoms with Crippen molar-refractivity contribution in [2.24, 2.45) is 11.8 Å². The average molecular weight is 280 g/mol. The second kappa shape index (κ2) is 8.38. The van der Waals surface area contributed by atoms with Crippen molar-refractivity contribution in [3.8, 4) is 0 Å². The molecule has 0 aliphatic heterocycles. The van der Waals surface area contributed by atoms with Crippen LogP contribution in [-0.4, -0.2) is 37.1 Å². The van der Waals surface area contributed by atoms with E-state index in [0.29, 0.717) is 0 Å². The van der Waals surface area contributed by atoms with Crippen LogP contribution in [-0.2, 0) is 0 Å². The van der Waals surface area contributed by atoms with Crippen molar-refractivity contribution in [2.75, 3.05) is 20.1 Å². The zero-order valence-electron chi connectivity index (χ0n) is 14.0. The summed E-state index contributed by atoms with van der Waals surface area (Å²) in [6.07, 6.45) is 13.0. The number of hydrogen-bond donors (Lipinski definition) is 1. The Morgan fingerprint density at radius 1 is 1.00 bits per heavy atom. The van der Waals surface area contributed by atoms with Gasteiger partial charge < -0.3 is 10.2 Å². The highest BCUT2D eigenvalue weighted by Crippen LogP contribution is 2.31. The van der Waals surface area contributed by atoms with E-state index in [0.717, 1.165) is 30.5 Å². The van der Waals surface area contributed by atoms with Crippen molar-refractivity contribution >= 4 is 0 Å². The fourth-order valence-corrected chi connectivity index (χ4v) is 4.46. The van der Waals surface area contributed by atoms with Gasteiger partial charge in [-0.05, 0) is 64.0 Å². The largest absolute Gasteiger partial charge is 0.313 e. The molecule has 1 N–H and O–H groups in total. The molecule has 2 heteroatoms. The number of nitrogens with one attached hydrogen (secondary N) is 1. The molecule has 0 saturated heterocycles. The van der Waals surface area contributed by atoms with Gasteiger partial charge in [0, 0.05) is 18.6 Å². The standard InChI is InChI=1S/C18H36N2/c1-4-15-10-12-17(13-11-15)20(3)14-18(19-5-2)16-8-6-7-9-16/h15-19H,4-14H2,1-3H3. The smallest absolute Gasteiger partial charge is 0.0223 e. The summed E-state index contributed by atoms with van der Waals surface area (Å²) in [6, 6.07) is 1.58. The predicted molar refractivity (Wildman–Crippen MR) is 88.1 cm³/mol. The molecule has 0 spiro atoms. The first kappa shape index (κ1) is 16.3. The molecule has 0 radical (unpaired) electrons. The highest BCUT2D eigenvalue weighted by molar-refractivity contribution is 4.85.